The van der Waals surface area contributed by atoms with Crippen molar-refractivity contribution in [3.63, 3.8) is 0 Å². The number of morpholine rings is 1. The molecule has 156 valence electrons. The Labute approximate surface area is 177 Å². The lowest BCUT2D eigenvalue weighted by atomic mass is 10.1. The van der Waals surface area contributed by atoms with Gasteiger partial charge >= 0.3 is 0 Å². The summed E-state index contributed by atoms with van der Waals surface area (Å²) in [6.07, 6.45) is -0.335. The minimum atomic E-state index is -0.514. The zero-order valence-corrected chi connectivity index (χ0v) is 17.2. The summed E-state index contributed by atoms with van der Waals surface area (Å²) in [5, 5.41) is 0.700. The van der Waals surface area contributed by atoms with Gasteiger partial charge in [0.2, 0.25) is 0 Å². The Morgan fingerprint density at radius 1 is 1.13 bits per heavy atom. The quantitative estimate of drug-likeness (QED) is 0.622. The van der Waals surface area contributed by atoms with Crippen LogP contribution in [0.3, 0.4) is 0 Å². The van der Waals surface area contributed by atoms with Gasteiger partial charge in [-0.1, -0.05) is 11.6 Å². The van der Waals surface area contributed by atoms with Crippen molar-refractivity contribution in [3.05, 3.63) is 51.3 Å². The second kappa shape index (κ2) is 7.61. The number of hydrogen-bond acceptors (Lipinski definition) is 6. The van der Waals surface area contributed by atoms with Crippen LogP contribution in [0.5, 0.6) is 0 Å². The van der Waals surface area contributed by atoms with Crippen LogP contribution in [-0.2, 0) is 16.0 Å². The predicted molar refractivity (Wildman–Crippen MR) is 112 cm³/mol. The van der Waals surface area contributed by atoms with E-state index in [2.05, 4.69) is 0 Å². The molecule has 2 aliphatic rings. The van der Waals surface area contributed by atoms with Crippen LogP contribution in [0.25, 0.3) is 22.2 Å². The first-order valence-electron chi connectivity index (χ1n) is 9.88. The summed E-state index contributed by atoms with van der Waals surface area (Å²) < 4.78 is 27.6. The third-order valence-corrected chi connectivity index (χ3v) is 5.76. The Hall–Kier alpha value is -2.55. The molecule has 2 aromatic heterocycles. The first-order valence-corrected chi connectivity index (χ1v) is 10.3. The maximum Gasteiger partial charge on any atom is 0.261 e. The van der Waals surface area contributed by atoms with Crippen LogP contribution < -0.4 is 10.5 Å². The summed E-state index contributed by atoms with van der Waals surface area (Å²) in [5.74, 6) is 0.615. The molecule has 7 nitrogen and oxygen atoms in total. The molecule has 30 heavy (non-hydrogen) atoms. The molecule has 4 heterocycles. The topological polar surface area (TPSA) is 69.5 Å². The average molecular weight is 431 g/mol. The zero-order chi connectivity index (χ0) is 20.8. The maximum atomic E-state index is 14.9. The van der Waals surface area contributed by atoms with Crippen LogP contribution in [0.1, 0.15) is 18.9 Å². The predicted octanol–water partition coefficient (Wildman–Crippen LogP) is 3.18. The lowest BCUT2D eigenvalue weighted by Crippen LogP contribution is -2.37. The Bertz CT molecular complexity index is 1190. The SMILES string of the molecule is CC1OCCn2c1nc1c(-c3ccc(Cl)cc3F)nc(N3CCOCC3)cc1c2=O. The van der Waals surface area contributed by atoms with Crippen molar-refractivity contribution >= 4 is 28.3 Å². The first kappa shape index (κ1) is 19.4. The molecule has 0 N–H and O–H groups in total. The summed E-state index contributed by atoms with van der Waals surface area (Å²) >= 11 is 5.95. The molecule has 5 rings (SSSR count). The summed E-state index contributed by atoms with van der Waals surface area (Å²) in [4.78, 5) is 24.8. The Morgan fingerprint density at radius 2 is 1.93 bits per heavy atom. The summed E-state index contributed by atoms with van der Waals surface area (Å²) in [7, 11) is 0. The third-order valence-electron chi connectivity index (χ3n) is 5.53. The van der Waals surface area contributed by atoms with Crippen molar-refractivity contribution in [2.45, 2.75) is 19.6 Å². The summed E-state index contributed by atoms with van der Waals surface area (Å²) in [5.41, 5.74) is 0.765. The van der Waals surface area contributed by atoms with E-state index < -0.39 is 5.82 Å². The minimum absolute atomic E-state index is 0.169. The van der Waals surface area contributed by atoms with E-state index in [-0.39, 0.29) is 22.2 Å². The van der Waals surface area contributed by atoms with E-state index in [1.807, 2.05) is 11.8 Å². The number of nitrogens with zero attached hydrogens (tertiary/aromatic N) is 4. The monoisotopic (exact) mass is 430 g/mol. The average Bonchev–Trinajstić information content (AvgIpc) is 2.75. The molecule has 3 aromatic rings. The van der Waals surface area contributed by atoms with E-state index in [1.54, 1.807) is 22.8 Å². The summed E-state index contributed by atoms with van der Waals surface area (Å²) in [6, 6.07) is 6.16. The van der Waals surface area contributed by atoms with Crippen LogP contribution in [-0.4, -0.2) is 47.4 Å². The Kier molecular flexibility index (Phi) is 4.92. The number of halogens is 2. The highest BCUT2D eigenvalue weighted by molar-refractivity contribution is 6.30. The number of aromatic nitrogens is 3. The number of pyridine rings is 1. The van der Waals surface area contributed by atoms with Crippen molar-refractivity contribution in [1.82, 2.24) is 14.5 Å². The van der Waals surface area contributed by atoms with Crippen LogP contribution in [0.15, 0.2) is 29.1 Å². The first-order chi connectivity index (χ1) is 14.5. The van der Waals surface area contributed by atoms with E-state index in [0.717, 1.165) is 0 Å². The smallest absolute Gasteiger partial charge is 0.261 e. The number of rotatable bonds is 2. The molecule has 1 fully saturated rings. The van der Waals surface area contributed by atoms with Gasteiger partial charge in [0, 0.05) is 23.7 Å². The molecular formula is C21H20ClFN4O3. The van der Waals surface area contributed by atoms with Gasteiger partial charge in [0.05, 0.1) is 31.8 Å². The molecule has 1 saturated heterocycles. The molecule has 0 spiro atoms. The fourth-order valence-corrected chi connectivity index (χ4v) is 4.13. The van der Waals surface area contributed by atoms with Crippen molar-refractivity contribution in [3.8, 4) is 11.3 Å². The molecule has 1 unspecified atom stereocenters. The maximum absolute atomic E-state index is 14.9. The molecule has 0 aliphatic carbocycles. The zero-order valence-electron chi connectivity index (χ0n) is 16.4. The molecule has 0 amide bonds. The minimum Gasteiger partial charge on any atom is -0.378 e. The van der Waals surface area contributed by atoms with Gasteiger partial charge in [0.1, 0.15) is 34.8 Å². The molecule has 0 radical (unpaired) electrons. The number of hydrogen-bond donors (Lipinski definition) is 0. The van der Waals surface area contributed by atoms with Crippen LogP contribution in [0, 0.1) is 5.82 Å². The third kappa shape index (κ3) is 3.25. The van der Waals surface area contributed by atoms with E-state index in [0.29, 0.717) is 67.7 Å². The van der Waals surface area contributed by atoms with Gasteiger partial charge in [0.15, 0.2) is 0 Å². The Morgan fingerprint density at radius 3 is 2.70 bits per heavy atom. The molecule has 0 saturated carbocycles. The van der Waals surface area contributed by atoms with Crippen molar-refractivity contribution < 1.29 is 13.9 Å². The van der Waals surface area contributed by atoms with Crippen molar-refractivity contribution in [2.75, 3.05) is 37.8 Å². The van der Waals surface area contributed by atoms with E-state index in [9.17, 15) is 9.18 Å². The van der Waals surface area contributed by atoms with Gasteiger partial charge < -0.3 is 14.4 Å². The fraction of sp³-hybridized carbons (Fsp3) is 0.381. The number of ether oxygens (including phenoxy) is 2. The molecular weight excluding hydrogens is 411 g/mol. The second-order valence-electron chi connectivity index (χ2n) is 7.39. The highest BCUT2D eigenvalue weighted by Crippen LogP contribution is 2.32. The van der Waals surface area contributed by atoms with Gasteiger partial charge in [-0.15, -0.1) is 0 Å². The highest BCUT2D eigenvalue weighted by atomic mass is 35.5. The van der Waals surface area contributed by atoms with Crippen LogP contribution >= 0.6 is 11.6 Å². The molecule has 1 atom stereocenters. The largest absolute Gasteiger partial charge is 0.378 e. The van der Waals surface area contributed by atoms with E-state index in [4.69, 9.17) is 31.0 Å². The Balaban J connectivity index is 1.82. The molecule has 0 bridgehead atoms. The second-order valence-corrected chi connectivity index (χ2v) is 7.83. The van der Waals surface area contributed by atoms with Crippen molar-refractivity contribution in [2.24, 2.45) is 0 Å². The summed E-state index contributed by atoms with van der Waals surface area (Å²) in [6.45, 7) is 5.16. The molecule has 1 aromatic carbocycles. The van der Waals surface area contributed by atoms with Gasteiger partial charge in [-0.25, -0.2) is 14.4 Å². The fourth-order valence-electron chi connectivity index (χ4n) is 3.97. The standard InChI is InChI=1S/C21H20ClFN4O3/c1-12-20-25-19-15(21(28)27(20)6-9-30-12)11-17(26-4-7-29-8-5-26)24-18(19)14-3-2-13(22)10-16(14)23/h2-3,10-12H,4-9H2,1H3. The van der Waals surface area contributed by atoms with Gasteiger partial charge in [-0.05, 0) is 31.2 Å². The van der Waals surface area contributed by atoms with Gasteiger partial charge in [-0.3, -0.25) is 9.36 Å². The van der Waals surface area contributed by atoms with Crippen LogP contribution in [0.2, 0.25) is 5.02 Å². The normalized spacial score (nSPS) is 19.2. The van der Waals surface area contributed by atoms with Gasteiger partial charge in [0.25, 0.3) is 5.56 Å². The van der Waals surface area contributed by atoms with E-state index in [1.165, 1.54) is 6.07 Å². The molecule has 9 heteroatoms. The van der Waals surface area contributed by atoms with Gasteiger partial charge in [-0.2, -0.15) is 0 Å². The number of fused-ring (bicyclic) bond motifs is 2. The molecule has 2 aliphatic heterocycles. The van der Waals surface area contributed by atoms with Crippen LogP contribution in [0.4, 0.5) is 10.2 Å². The number of anilines is 1. The highest BCUT2D eigenvalue weighted by Gasteiger charge is 2.25. The van der Waals surface area contributed by atoms with E-state index >= 15 is 0 Å². The van der Waals surface area contributed by atoms with Crippen molar-refractivity contribution in [1.29, 1.82) is 0 Å². The number of benzene rings is 1. The lowest BCUT2D eigenvalue weighted by molar-refractivity contribution is 0.0269. The lowest BCUT2D eigenvalue weighted by Gasteiger charge is -2.29.